The molecule has 4 heteroatoms. The summed E-state index contributed by atoms with van der Waals surface area (Å²) in [5.41, 5.74) is -1.14. The van der Waals surface area contributed by atoms with Crippen molar-refractivity contribution in [1.82, 2.24) is 0 Å². The number of carbonyl (C=O) groups is 2. The molecule has 1 rings (SSSR count). The van der Waals surface area contributed by atoms with Crippen LogP contribution in [0.2, 0.25) is 0 Å². The van der Waals surface area contributed by atoms with Gasteiger partial charge in [-0.05, 0) is 13.3 Å². The van der Waals surface area contributed by atoms with Crippen LogP contribution in [0.15, 0.2) is 12.7 Å². The van der Waals surface area contributed by atoms with E-state index in [1.54, 1.807) is 6.92 Å². The Kier molecular flexibility index (Phi) is 2.93. The fourth-order valence-electron chi connectivity index (χ4n) is 1.53. The Bertz CT molecular complexity index is 271. The quantitative estimate of drug-likeness (QED) is 0.502. The van der Waals surface area contributed by atoms with E-state index in [4.69, 9.17) is 9.47 Å². The van der Waals surface area contributed by atoms with Gasteiger partial charge < -0.3 is 9.47 Å². The minimum atomic E-state index is -1.14. The van der Waals surface area contributed by atoms with Gasteiger partial charge in [0.1, 0.15) is 0 Å². The third-order valence-corrected chi connectivity index (χ3v) is 2.57. The molecule has 1 fully saturated rings. The molecule has 1 heterocycles. The van der Waals surface area contributed by atoms with Crippen molar-refractivity contribution in [3.8, 4) is 0 Å². The molecule has 14 heavy (non-hydrogen) atoms. The standard InChI is InChI=1S/C10H14O4/c1-4-7-6-13-9(12)10(7,3)14-8(11)5-2/h5,7H,2,4,6H2,1,3H3. The molecule has 4 nitrogen and oxygen atoms in total. The Balaban J connectivity index is 2.82. The lowest BCUT2D eigenvalue weighted by atomic mass is 9.90. The average Bonchev–Trinajstić information content (AvgIpc) is 2.43. The zero-order chi connectivity index (χ0) is 10.8. The molecule has 0 bridgehead atoms. The fourth-order valence-corrected chi connectivity index (χ4v) is 1.53. The van der Waals surface area contributed by atoms with Crippen LogP contribution in [0.4, 0.5) is 0 Å². The molecule has 0 aliphatic carbocycles. The third kappa shape index (κ3) is 1.64. The van der Waals surface area contributed by atoms with Crippen LogP contribution in [-0.4, -0.2) is 24.1 Å². The zero-order valence-corrected chi connectivity index (χ0v) is 8.41. The van der Waals surface area contributed by atoms with Crippen LogP contribution < -0.4 is 0 Å². The smallest absolute Gasteiger partial charge is 0.350 e. The summed E-state index contributed by atoms with van der Waals surface area (Å²) in [6.07, 6.45) is 1.77. The molecule has 1 aliphatic rings. The highest BCUT2D eigenvalue weighted by Crippen LogP contribution is 2.32. The van der Waals surface area contributed by atoms with Crippen LogP contribution in [0.25, 0.3) is 0 Å². The SMILES string of the molecule is C=CC(=O)OC1(C)C(=O)OCC1CC. The Morgan fingerprint density at radius 1 is 1.86 bits per heavy atom. The first-order chi connectivity index (χ1) is 6.54. The molecule has 0 spiro atoms. The van der Waals surface area contributed by atoms with E-state index in [0.717, 1.165) is 12.5 Å². The van der Waals surface area contributed by atoms with E-state index in [2.05, 4.69) is 6.58 Å². The van der Waals surface area contributed by atoms with E-state index >= 15 is 0 Å². The maximum absolute atomic E-state index is 11.4. The zero-order valence-electron chi connectivity index (χ0n) is 8.41. The summed E-state index contributed by atoms with van der Waals surface area (Å²) in [5, 5.41) is 0. The van der Waals surface area contributed by atoms with E-state index < -0.39 is 17.5 Å². The van der Waals surface area contributed by atoms with Gasteiger partial charge in [-0.1, -0.05) is 13.5 Å². The monoisotopic (exact) mass is 198 g/mol. The minimum Gasteiger partial charge on any atom is -0.462 e. The molecule has 0 aromatic rings. The molecule has 0 N–H and O–H groups in total. The van der Waals surface area contributed by atoms with E-state index in [0.29, 0.717) is 6.61 Å². The minimum absolute atomic E-state index is 0.0705. The molecule has 1 aliphatic heterocycles. The predicted molar refractivity (Wildman–Crippen MR) is 49.4 cm³/mol. The molecule has 0 aromatic heterocycles. The van der Waals surface area contributed by atoms with Gasteiger partial charge in [0.25, 0.3) is 0 Å². The maximum Gasteiger partial charge on any atom is 0.350 e. The van der Waals surface area contributed by atoms with Crippen molar-refractivity contribution in [2.24, 2.45) is 5.92 Å². The molecule has 1 saturated heterocycles. The highest BCUT2D eigenvalue weighted by atomic mass is 16.6. The Hall–Kier alpha value is -1.32. The van der Waals surface area contributed by atoms with Crippen molar-refractivity contribution in [2.45, 2.75) is 25.9 Å². The summed E-state index contributed by atoms with van der Waals surface area (Å²) in [5.74, 6) is -1.14. The van der Waals surface area contributed by atoms with E-state index in [1.165, 1.54) is 0 Å². The van der Waals surface area contributed by atoms with Crippen molar-refractivity contribution in [1.29, 1.82) is 0 Å². The molecule has 0 aromatic carbocycles. The Labute approximate surface area is 82.9 Å². The first-order valence-corrected chi connectivity index (χ1v) is 4.57. The summed E-state index contributed by atoms with van der Waals surface area (Å²) in [7, 11) is 0. The molecule has 2 atom stereocenters. The summed E-state index contributed by atoms with van der Waals surface area (Å²) < 4.78 is 9.90. The van der Waals surface area contributed by atoms with Gasteiger partial charge in [0.15, 0.2) is 0 Å². The lowest BCUT2D eigenvalue weighted by molar-refractivity contribution is -0.169. The molecular weight excluding hydrogens is 184 g/mol. The Morgan fingerprint density at radius 3 is 3.00 bits per heavy atom. The van der Waals surface area contributed by atoms with Crippen LogP contribution in [0, 0.1) is 5.92 Å². The van der Waals surface area contributed by atoms with Gasteiger partial charge in [0, 0.05) is 12.0 Å². The molecule has 0 amide bonds. The maximum atomic E-state index is 11.4. The van der Waals surface area contributed by atoms with E-state index in [9.17, 15) is 9.59 Å². The average molecular weight is 198 g/mol. The van der Waals surface area contributed by atoms with Crippen LogP contribution in [0.1, 0.15) is 20.3 Å². The second-order valence-electron chi connectivity index (χ2n) is 3.44. The molecule has 78 valence electrons. The number of hydrogen-bond acceptors (Lipinski definition) is 4. The first kappa shape index (κ1) is 10.8. The van der Waals surface area contributed by atoms with Crippen LogP contribution in [-0.2, 0) is 19.1 Å². The first-order valence-electron chi connectivity index (χ1n) is 4.57. The summed E-state index contributed by atoms with van der Waals surface area (Å²) in [6.45, 7) is 7.10. The van der Waals surface area contributed by atoms with Gasteiger partial charge in [-0.15, -0.1) is 0 Å². The number of carbonyl (C=O) groups excluding carboxylic acids is 2. The second kappa shape index (κ2) is 3.82. The Morgan fingerprint density at radius 2 is 2.50 bits per heavy atom. The lowest BCUT2D eigenvalue weighted by Crippen LogP contribution is -2.42. The number of esters is 2. The van der Waals surface area contributed by atoms with E-state index in [1.807, 2.05) is 6.92 Å². The fraction of sp³-hybridized carbons (Fsp3) is 0.600. The van der Waals surface area contributed by atoms with Crippen molar-refractivity contribution in [3.63, 3.8) is 0 Å². The third-order valence-electron chi connectivity index (χ3n) is 2.57. The lowest BCUT2D eigenvalue weighted by Gasteiger charge is -2.24. The summed E-state index contributed by atoms with van der Waals surface area (Å²) in [6, 6.07) is 0. The van der Waals surface area contributed by atoms with Gasteiger partial charge in [-0.3, -0.25) is 0 Å². The van der Waals surface area contributed by atoms with Crippen molar-refractivity contribution in [3.05, 3.63) is 12.7 Å². The van der Waals surface area contributed by atoms with E-state index in [-0.39, 0.29) is 5.92 Å². The van der Waals surface area contributed by atoms with Crippen LogP contribution >= 0.6 is 0 Å². The molecule has 0 radical (unpaired) electrons. The highest BCUT2D eigenvalue weighted by molar-refractivity contribution is 5.88. The second-order valence-corrected chi connectivity index (χ2v) is 3.44. The van der Waals surface area contributed by atoms with Crippen LogP contribution in [0.5, 0.6) is 0 Å². The van der Waals surface area contributed by atoms with Crippen molar-refractivity contribution >= 4 is 11.9 Å². The van der Waals surface area contributed by atoms with Crippen molar-refractivity contribution in [2.75, 3.05) is 6.61 Å². The molecular formula is C10H14O4. The predicted octanol–water partition coefficient (Wildman–Crippen LogP) is 1.06. The van der Waals surface area contributed by atoms with Crippen molar-refractivity contribution < 1.29 is 19.1 Å². The summed E-state index contributed by atoms with van der Waals surface area (Å²) >= 11 is 0. The number of hydrogen-bond donors (Lipinski definition) is 0. The van der Waals surface area contributed by atoms with Gasteiger partial charge in [0.05, 0.1) is 6.61 Å². The van der Waals surface area contributed by atoms with Gasteiger partial charge in [-0.25, -0.2) is 9.59 Å². The number of ether oxygens (including phenoxy) is 2. The number of cyclic esters (lactones) is 1. The topological polar surface area (TPSA) is 52.6 Å². The molecule has 0 saturated carbocycles. The highest BCUT2D eigenvalue weighted by Gasteiger charge is 2.50. The van der Waals surface area contributed by atoms with Gasteiger partial charge in [-0.2, -0.15) is 0 Å². The number of rotatable bonds is 3. The largest absolute Gasteiger partial charge is 0.462 e. The molecule has 2 unspecified atom stereocenters. The summed E-state index contributed by atoms with van der Waals surface area (Å²) in [4.78, 5) is 22.4. The normalized spacial score (nSPS) is 31.0. The van der Waals surface area contributed by atoms with Gasteiger partial charge >= 0.3 is 11.9 Å². The van der Waals surface area contributed by atoms with Crippen LogP contribution in [0.3, 0.4) is 0 Å². The van der Waals surface area contributed by atoms with Gasteiger partial charge in [0.2, 0.25) is 5.60 Å².